The molecule has 266 valence electrons. The molecule has 15 heteroatoms. The molecule has 0 radical (unpaired) electrons. The zero-order chi connectivity index (χ0) is 35.8. The Labute approximate surface area is 288 Å². The van der Waals surface area contributed by atoms with E-state index in [0.717, 1.165) is 0 Å². The Morgan fingerprint density at radius 3 is 2.10 bits per heavy atom. The Hall–Kier alpha value is -5.38. The Morgan fingerprint density at radius 1 is 0.820 bits per heavy atom. The second-order valence-corrected chi connectivity index (χ2v) is 12.2. The molecule has 1 saturated heterocycles. The fourth-order valence-electron chi connectivity index (χ4n) is 4.99. The van der Waals surface area contributed by atoms with E-state index in [1.807, 2.05) is 0 Å². The number of hydrogen-bond acceptors (Lipinski definition) is 14. The highest BCUT2D eigenvalue weighted by molar-refractivity contribution is 6.11. The summed E-state index contributed by atoms with van der Waals surface area (Å²) in [6.45, 7) is 5.01. The van der Waals surface area contributed by atoms with Crippen LogP contribution < -0.4 is 24.3 Å². The van der Waals surface area contributed by atoms with Crippen LogP contribution in [0, 0.1) is 0 Å². The van der Waals surface area contributed by atoms with E-state index in [1.54, 1.807) is 51.1 Å². The monoisotopic (exact) mass is 694 g/mol. The van der Waals surface area contributed by atoms with Gasteiger partial charge in [-0.2, -0.15) is 0 Å². The van der Waals surface area contributed by atoms with Crippen LogP contribution in [0.4, 0.5) is 4.79 Å². The van der Waals surface area contributed by atoms with Gasteiger partial charge < -0.3 is 48.0 Å². The van der Waals surface area contributed by atoms with E-state index in [1.165, 1.54) is 49.6 Å². The number of nitrogens with zero attached hydrogens (tertiary/aromatic N) is 1. The number of carbonyl (C=O) groups is 4. The summed E-state index contributed by atoms with van der Waals surface area (Å²) in [5.74, 6) is 0.0277. The summed E-state index contributed by atoms with van der Waals surface area (Å²) in [7, 11) is 2.95. The van der Waals surface area contributed by atoms with Gasteiger partial charge in [-0.25, -0.2) is 9.59 Å². The normalized spacial score (nSPS) is 16.7. The first-order chi connectivity index (χ1) is 23.9. The van der Waals surface area contributed by atoms with E-state index in [2.05, 4.69) is 5.32 Å². The minimum absolute atomic E-state index is 0.00834. The van der Waals surface area contributed by atoms with Crippen molar-refractivity contribution in [2.45, 2.75) is 38.5 Å². The molecular formula is C35H38N2O13. The molecule has 3 aromatic rings. The minimum atomic E-state index is -0.945. The molecule has 0 bridgehead atoms. The lowest BCUT2D eigenvalue weighted by Crippen LogP contribution is -2.44. The van der Waals surface area contributed by atoms with Gasteiger partial charge >= 0.3 is 12.1 Å². The second-order valence-electron chi connectivity index (χ2n) is 12.2. The van der Waals surface area contributed by atoms with Crippen LogP contribution in [0.2, 0.25) is 0 Å². The topological polar surface area (TPSA) is 167 Å². The maximum Gasteiger partial charge on any atom is 0.528 e. The van der Waals surface area contributed by atoms with E-state index in [0.29, 0.717) is 22.8 Å². The number of carbonyl (C=O) groups excluding carboxylic acids is 4. The molecule has 2 heterocycles. The number of methoxy groups -OCH3 is 2. The van der Waals surface area contributed by atoms with Crippen LogP contribution in [0.1, 0.15) is 57.4 Å². The summed E-state index contributed by atoms with van der Waals surface area (Å²) < 4.78 is 42.7. The van der Waals surface area contributed by atoms with Gasteiger partial charge in [0.1, 0.15) is 23.2 Å². The molecule has 0 saturated carbocycles. The van der Waals surface area contributed by atoms with Crippen LogP contribution >= 0.6 is 0 Å². The molecule has 2 aliphatic heterocycles. The largest absolute Gasteiger partial charge is 0.528 e. The summed E-state index contributed by atoms with van der Waals surface area (Å²) in [4.78, 5) is 57.7. The smallest absolute Gasteiger partial charge is 0.468 e. The number of nitrogens with one attached hydrogen (secondary N) is 1. The van der Waals surface area contributed by atoms with Gasteiger partial charge in [-0.05, 0) is 63.2 Å². The number of hydroxylamine groups is 2. The van der Waals surface area contributed by atoms with Gasteiger partial charge in [0.05, 0.1) is 30.3 Å². The first kappa shape index (κ1) is 35.9. The molecule has 3 aromatic carbocycles. The molecule has 0 spiro atoms. The second kappa shape index (κ2) is 15.9. The van der Waals surface area contributed by atoms with E-state index in [-0.39, 0.29) is 61.7 Å². The van der Waals surface area contributed by atoms with Crippen LogP contribution in [0.5, 0.6) is 23.0 Å². The van der Waals surface area contributed by atoms with Crippen LogP contribution in [0.25, 0.3) is 0 Å². The van der Waals surface area contributed by atoms with Gasteiger partial charge in [0, 0.05) is 31.4 Å². The molecule has 2 unspecified atom stereocenters. The summed E-state index contributed by atoms with van der Waals surface area (Å²) in [5.41, 5.74) is 0.151. The molecule has 1 fully saturated rings. The quantitative estimate of drug-likeness (QED) is 0.154. The lowest BCUT2D eigenvalue weighted by molar-refractivity contribution is -0.134. The Balaban J connectivity index is 1.28. The third kappa shape index (κ3) is 9.19. The predicted octanol–water partition coefficient (Wildman–Crippen LogP) is 4.12. The predicted molar refractivity (Wildman–Crippen MR) is 173 cm³/mol. The van der Waals surface area contributed by atoms with Crippen LogP contribution in [0.15, 0.2) is 60.7 Å². The highest BCUT2D eigenvalue weighted by Gasteiger charge is 2.40. The molecule has 0 aliphatic carbocycles. The summed E-state index contributed by atoms with van der Waals surface area (Å²) in [6.07, 6.45) is -1.87. The summed E-state index contributed by atoms with van der Waals surface area (Å²) in [5, 5.41) is 4.11. The number of benzene rings is 3. The van der Waals surface area contributed by atoms with Crippen molar-refractivity contribution in [3.05, 3.63) is 82.9 Å². The number of esters is 1. The molecule has 50 heavy (non-hydrogen) atoms. The maximum atomic E-state index is 13.5. The fraction of sp³-hybridized carbons (Fsp3) is 0.371. The molecule has 2 aliphatic rings. The van der Waals surface area contributed by atoms with Crippen molar-refractivity contribution in [2.24, 2.45) is 0 Å². The Morgan fingerprint density at radius 2 is 1.44 bits per heavy atom. The van der Waals surface area contributed by atoms with E-state index in [9.17, 15) is 19.2 Å². The highest BCUT2D eigenvalue weighted by atomic mass is 16.8. The number of fused-ring (bicyclic) bond motifs is 1. The molecule has 1 N–H and O–H groups in total. The van der Waals surface area contributed by atoms with E-state index in [4.69, 9.17) is 42.7 Å². The van der Waals surface area contributed by atoms with Gasteiger partial charge in [-0.1, -0.05) is 12.1 Å². The van der Waals surface area contributed by atoms with Gasteiger partial charge in [-0.15, -0.1) is 5.06 Å². The Bertz CT molecular complexity index is 1690. The molecule has 5 rings (SSSR count). The zero-order valence-electron chi connectivity index (χ0n) is 28.2. The van der Waals surface area contributed by atoms with E-state index < -0.39 is 35.8 Å². The third-order valence-corrected chi connectivity index (χ3v) is 7.30. The van der Waals surface area contributed by atoms with Crippen molar-refractivity contribution in [2.75, 3.05) is 47.7 Å². The van der Waals surface area contributed by atoms with Crippen molar-refractivity contribution in [1.29, 1.82) is 0 Å². The molecule has 2 atom stereocenters. The number of hydrogen-bond donors (Lipinski definition) is 1. The summed E-state index contributed by atoms with van der Waals surface area (Å²) >= 11 is 0. The average molecular weight is 695 g/mol. The highest BCUT2D eigenvalue weighted by Crippen LogP contribution is 2.39. The maximum absolute atomic E-state index is 13.5. The van der Waals surface area contributed by atoms with Crippen molar-refractivity contribution in [1.82, 2.24) is 10.4 Å². The van der Waals surface area contributed by atoms with Gasteiger partial charge in [0.15, 0.2) is 30.9 Å². The summed E-state index contributed by atoms with van der Waals surface area (Å²) in [6, 6.07) is 14.6. The van der Waals surface area contributed by atoms with Crippen LogP contribution in [-0.4, -0.2) is 94.3 Å². The van der Waals surface area contributed by atoms with Gasteiger partial charge in [0.2, 0.25) is 6.79 Å². The minimum Gasteiger partial charge on any atom is -0.468 e. The van der Waals surface area contributed by atoms with Crippen LogP contribution in [-0.2, 0) is 23.8 Å². The van der Waals surface area contributed by atoms with Crippen molar-refractivity contribution < 1.29 is 61.9 Å². The lowest BCUT2D eigenvalue weighted by atomic mass is 10.0. The van der Waals surface area contributed by atoms with Gasteiger partial charge in [0.25, 0.3) is 5.91 Å². The number of amides is 1. The molecule has 0 aromatic heterocycles. The number of rotatable bonds is 13. The van der Waals surface area contributed by atoms with E-state index >= 15 is 0 Å². The standard InChI is InChI=1S/C35H38N2O13/c1-35(2,3)49-34(41)50-37-16-26(36-32(39)22-10-12-24(13-11-22)44-18-42-4)30(17-37)48-33(40)23-8-6-21(7-9-23)31(38)25-14-28-29(47-20-46-28)15-27(25)45-19-43-5/h6-15,26,30H,16-20H2,1-5H3,(H,36,39). The lowest BCUT2D eigenvalue weighted by Gasteiger charge is -2.21. The fourth-order valence-corrected chi connectivity index (χ4v) is 4.99. The van der Waals surface area contributed by atoms with Crippen molar-refractivity contribution in [3.63, 3.8) is 0 Å². The SMILES string of the molecule is COCOc1ccc(C(=O)NC2CN(OC(=O)OC(C)(C)C)CC2OC(=O)c2ccc(C(=O)c3cc4c(cc3OCOC)OCO4)cc2)cc1. The van der Waals surface area contributed by atoms with Crippen molar-refractivity contribution in [3.8, 4) is 23.0 Å². The zero-order valence-corrected chi connectivity index (χ0v) is 28.2. The third-order valence-electron chi connectivity index (χ3n) is 7.30. The van der Waals surface area contributed by atoms with Crippen LogP contribution in [0.3, 0.4) is 0 Å². The molecule has 15 nitrogen and oxygen atoms in total. The first-order valence-electron chi connectivity index (χ1n) is 15.5. The number of ether oxygens (including phenoxy) is 8. The number of ketones is 1. The molecular weight excluding hydrogens is 656 g/mol. The van der Waals surface area contributed by atoms with Crippen molar-refractivity contribution >= 4 is 23.8 Å². The van der Waals surface area contributed by atoms with Gasteiger partial charge in [-0.3, -0.25) is 9.59 Å². The Kier molecular flexibility index (Phi) is 11.4. The first-order valence-corrected chi connectivity index (χ1v) is 15.5. The average Bonchev–Trinajstić information content (AvgIpc) is 3.70. The molecule has 1 amide bonds.